The number of benzene rings is 1. The summed E-state index contributed by atoms with van der Waals surface area (Å²) < 4.78 is 44.4. The van der Waals surface area contributed by atoms with E-state index in [1.165, 1.54) is 24.5 Å². The summed E-state index contributed by atoms with van der Waals surface area (Å²) in [6, 6.07) is 4.94. The van der Waals surface area contributed by atoms with E-state index >= 15 is 0 Å². The second-order valence-electron chi connectivity index (χ2n) is 8.40. The molecule has 0 aliphatic carbocycles. The number of ether oxygens (including phenoxy) is 1. The molecule has 1 unspecified atom stereocenters. The van der Waals surface area contributed by atoms with Crippen LogP contribution >= 0.6 is 0 Å². The molecule has 9 nitrogen and oxygen atoms in total. The van der Waals surface area contributed by atoms with Crippen LogP contribution in [-0.4, -0.2) is 53.1 Å². The molecule has 12 heteroatoms. The van der Waals surface area contributed by atoms with Crippen LogP contribution in [-0.2, 0) is 14.6 Å². The monoisotopic (exact) mass is 463 g/mol. The minimum Gasteiger partial charge on any atom is -0.443 e. The van der Waals surface area contributed by atoms with Crippen LogP contribution in [0.25, 0.3) is 22.0 Å². The van der Waals surface area contributed by atoms with Crippen molar-refractivity contribution in [2.75, 3.05) is 6.26 Å². The zero-order valence-electron chi connectivity index (χ0n) is 17.9. The fourth-order valence-corrected chi connectivity index (χ4v) is 3.88. The SMILES string of the molecule is CC(C)(C)OC(=O)n1c(B(O)O)cc2c(-c3cc(F)cc(C(N)S(C)(=O)=O)c3)cncc21. The van der Waals surface area contributed by atoms with Crippen LogP contribution < -0.4 is 11.3 Å². The van der Waals surface area contributed by atoms with Gasteiger partial charge in [0, 0.05) is 23.4 Å². The number of hydrogen-bond donors (Lipinski definition) is 3. The van der Waals surface area contributed by atoms with Crippen LogP contribution in [0.4, 0.5) is 9.18 Å². The molecule has 1 aromatic carbocycles. The summed E-state index contributed by atoms with van der Waals surface area (Å²) in [5, 5.41) is 18.6. The van der Waals surface area contributed by atoms with Crippen molar-refractivity contribution < 1.29 is 32.4 Å². The van der Waals surface area contributed by atoms with Crippen molar-refractivity contribution in [3.05, 3.63) is 48.0 Å². The van der Waals surface area contributed by atoms with Gasteiger partial charge in [0.1, 0.15) is 16.8 Å². The number of pyridine rings is 1. The highest BCUT2D eigenvalue weighted by Gasteiger charge is 2.28. The summed E-state index contributed by atoms with van der Waals surface area (Å²) in [6.45, 7) is 4.98. The molecular formula is C20H23BFN3O6S. The number of nitrogens with zero attached hydrogens (tertiary/aromatic N) is 2. The Morgan fingerprint density at radius 3 is 2.44 bits per heavy atom. The van der Waals surface area contributed by atoms with E-state index in [4.69, 9.17) is 10.5 Å². The lowest BCUT2D eigenvalue weighted by Gasteiger charge is -2.21. The highest BCUT2D eigenvalue weighted by Crippen LogP contribution is 2.31. The van der Waals surface area contributed by atoms with Gasteiger partial charge >= 0.3 is 13.2 Å². The van der Waals surface area contributed by atoms with Crippen molar-refractivity contribution in [2.24, 2.45) is 5.73 Å². The average Bonchev–Trinajstić information content (AvgIpc) is 3.04. The van der Waals surface area contributed by atoms with Gasteiger partial charge in [0.25, 0.3) is 0 Å². The van der Waals surface area contributed by atoms with Crippen LogP contribution in [0.2, 0.25) is 0 Å². The zero-order valence-corrected chi connectivity index (χ0v) is 18.7. The molecule has 2 heterocycles. The van der Waals surface area contributed by atoms with Crippen molar-refractivity contribution in [3.63, 3.8) is 0 Å². The highest BCUT2D eigenvalue weighted by molar-refractivity contribution is 7.90. The zero-order chi connectivity index (χ0) is 24.0. The third-order valence-corrected chi connectivity index (χ3v) is 5.81. The molecule has 0 amide bonds. The molecule has 0 bridgehead atoms. The molecule has 4 N–H and O–H groups in total. The number of rotatable bonds is 4. The lowest BCUT2D eigenvalue weighted by molar-refractivity contribution is 0.0547. The summed E-state index contributed by atoms with van der Waals surface area (Å²) >= 11 is 0. The first-order valence-corrected chi connectivity index (χ1v) is 11.5. The van der Waals surface area contributed by atoms with Gasteiger partial charge in [-0.05, 0) is 56.2 Å². The molecular weight excluding hydrogens is 440 g/mol. The number of carbonyl (C=O) groups excluding carboxylic acids is 1. The van der Waals surface area contributed by atoms with Crippen molar-refractivity contribution >= 4 is 39.5 Å². The number of halogens is 1. The Hall–Kier alpha value is -2.80. The van der Waals surface area contributed by atoms with Crippen LogP contribution in [0.3, 0.4) is 0 Å². The molecule has 2 aromatic heterocycles. The summed E-state index contributed by atoms with van der Waals surface area (Å²) in [7, 11) is -5.70. The van der Waals surface area contributed by atoms with Crippen molar-refractivity contribution in [1.82, 2.24) is 9.55 Å². The minimum absolute atomic E-state index is 0.0356. The largest absolute Gasteiger partial charge is 0.506 e. The molecule has 3 rings (SSSR count). The third-order valence-electron chi connectivity index (χ3n) is 4.62. The molecule has 32 heavy (non-hydrogen) atoms. The Morgan fingerprint density at radius 1 is 1.22 bits per heavy atom. The molecule has 0 saturated carbocycles. The number of fused-ring (bicyclic) bond motifs is 1. The van der Waals surface area contributed by atoms with E-state index in [1.54, 1.807) is 20.8 Å². The van der Waals surface area contributed by atoms with Gasteiger partial charge in [-0.1, -0.05) is 0 Å². The van der Waals surface area contributed by atoms with Crippen LogP contribution in [0, 0.1) is 5.82 Å². The van der Waals surface area contributed by atoms with Crippen molar-refractivity contribution in [3.8, 4) is 11.1 Å². The molecule has 3 aromatic rings. The van der Waals surface area contributed by atoms with E-state index in [0.29, 0.717) is 10.9 Å². The van der Waals surface area contributed by atoms with E-state index in [1.807, 2.05) is 0 Å². The van der Waals surface area contributed by atoms with Crippen LogP contribution in [0.5, 0.6) is 0 Å². The highest BCUT2D eigenvalue weighted by atomic mass is 32.2. The molecule has 0 spiro atoms. The Labute approximate surface area is 184 Å². The van der Waals surface area contributed by atoms with Gasteiger partial charge in [-0.3, -0.25) is 9.55 Å². The number of aromatic nitrogens is 2. The van der Waals surface area contributed by atoms with Gasteiger partial charge in [-0.25, -0.2) is 17.6 Å². The second kappa shape index (κ2) is 8.28. The molecule has 1 atom stereocenters. The maximum absolute atomic E-state index is 14.4. The maximum Gasteiger partial charge on any atom is 0.506 e. The Bertz CT molecular complexity index is 1300. The van der Waals surface area contributed by atoms with E-state index in [2.05, 4.69) is 4.98 Å². The molecule has 0 aliphatic rings. The number of carbonyl (C=O) groups is 1. The first-order chi connectivity index (χ1) is 14.7. The van der Waals surface area contributed by atoms with Crippen molar-refractivity contribution in [1.29, 1.82) is 0 Å². The Morgan fingerprint density at radius 2 is 1.88 bits per heavy atom. The summed E-state index contributed by atoms with van der Waals surface area (Å²) in [5.74, 6) is -0.720. The van der Waals surface area contributed by atoms with E-state index in [-0.39, 0.29) is 22.2 Å². The third kappa shape index (κ3) is 4.83. The Kier molecular flexibility index (Phi) is 6.18. The molecule has 0 saturated heterocycles. The first kappa shape index (κ1) is 23.9. The first-order valence-electron chi connectivity index (χ1n) is 9.53. The second-order valence-corrected chi connectivity index (χ2v) is 10.6. The summed E-state index contributed by atoms with van der Waals surface area (Å²) in [5.41, 5.74) is 5.54. The molecule has 170 valence electrons. The molecule has 0 aliphatic heterocycles. The lowest BCUT2D eigenvalue weighted by Crippen LogP contribution is -2.41. The van der Waals surface area contributed by atoms with Gasteiger partial charge in [-0.15, -0.1) is 0 Å². The fraction of sp³-hybridized carbons (Fsp3) is 0.300. The quantitative estimate of drug-likeness (QED) is 0.491. The number of sulfone groups is 1. The minimum atomic E-state index is -3.69. The fourth-order valence-electron chi connectivity index (χ4n) is 3.25. The predicted octanol–water partition coefficient (Wildman–Crippen LogP) is 1.31. The normalized spacial score (nSPS) is 13.2. The molecule has 0 radical (unpaired) electrons. The van der Waals surface area contributed by atoms with Gasteiger partial charge in [0.05, 0.1) is 17.3 Å². The van der Waals surface area contributed by atoms with Gasteiger partial charge in [0.2, 0.25) is 0 Å². The van der Waals surface area contributed by atoms with Gasteiger partial charge < -0.3 is 20.5 Å². The number of nitrogens with two attached hydrogens (primary N) is 1. The topological polar surface area (TPSA) is 145 Å². The van der Waals surface area contributed by atoms with Gasteiger partial charge in [0.15, 0.2) is 9.84 Å². The number of hydrogen-bond acceptors (Lipinski definition) is 8. The van der Waals surface area contributed by atoms with Crippen molar-refractivity contribution in [2.45, 2.75) is 31.7 Å². The smallest absolute Gasteiger partial charge is 0.443 e. The average molecular weight is 463 g/mol. The maximum atomic E-state index is 14.4. The van der Waals surface area contributed by atoms with E-state index in [0.717, 1.165) is 23.0 Å². The summed E-state index contributed by atoms with van der Waals surface area (Å²) in [4.78, 5) is 16.9. The van der Waals surface area contributed by atoms with Crippen LogP contribution in [0.1, 0.15) is 31.7 Å². The molecule has 0 fully saturated rings. The summed E-state index contributed by atoms with van der Waals surface area (Å²) in [6.07, 6.45) is 2.81. The Balaban J connectivity index is 2.25. The van der Waals surface area contributed by atoms with Crippen LogP contribution in [0.15, 0.2) is 36.7 Å². The van der Waals surface area contributed by atoms with E-state index < -0.39 is 39.8 Å². The standard InChI is InChI=1S/C20H23BFN3O6S/c1-20(2,3)31-19(26)25-16-10-24-9-15(14(16)8-17(25)21(27)28)11-5-12(7-13(22)6-11)18(23)32(4,29)30/h5-10,18,27-28H,23H2,1-4H3. The van der Waals surface area contributed by atoms with E-state index in [9.17, 15) is 27.7 Å². The predicted molar refractivity (Wildman–Crippen MR) is 118 cm³/mol. The lowest BCUT2D eigenvalue weighted by atomic mass is 9.86. The van der Waals surface area contributed by atoms with Gasteiger partial charge in [-0.2, -0.15) is 0 Å².